The molecule has 1 aliphatic heterocycles. The van der Waals surface area contributed by atoms with Crippen LogP contribution in [0.2, 0.25) is 0 Å². The van der Waals surface area contributed by atoms with Crippen LogP contribution >= 0.6 is 0 Å². The maximum Gasteiger partial charge on any atom is 0.154 e. The minimum absolute atomic E-state index is 0.416. The fraction of sp³-hybridized carbons (Fsp3) is 0.412. The van der Waals surface area contributed by atoms with Gasteiger partial charge in [0.25, 0.3) is 0 Å². The van der Waals surface area contributed by atoms with Gasteiger partial charge in [0, 0.05) is 32.6 Å². The summed E-state index contributed by atoms with van der Waals surface area (Å²) in [5, 5.41) is 4.69. The zero-order chi connectivity index (χ0) is 15.8. The van der Waals surface area contributed by atoms with Crippen LogP contribution in [-0.4, -0.2) is 58.9 Å². The highest BCUT2D eigenvalue weighted by Crippen LogP contribution is 2.23. The van der Waals surface area contributed by atoms with Crippen LogP contribution in [0, 0.1) is 0 Å². The second kappa shape index (κ2) is 5.77. The van der Waals surface area contributed by atoms with Crippen molar-refractivity contribution >= 4 is 17.0 Å². The van der Waals surface area contributed by atoms with Crippen molar-refractivity contribution in [3.8, 4) is 0 Å². The number of anilines is 1. The third kappa shape index (κ3) is 2.86. The first-order valence-corrected chi connectivity index (χ1v) is 8.02. The van der Waals surface area contributed by atoms with E-state index in [1.165, 1.54) is 0 Å². The summed E-state index contributed by atoms with van der Waals surface area (Å²) in [5.41, 5.74) is 2.62. The van der Waals surface area contributed by atoms with Crippen LogP contribution in [0.3, 0.4) is 0 Å². The monoisotopic (exact) mass is 313 g/mol. The van der Waals surface area contributed by atoms with Crippen molar-refractivity contribution in [1.29, 1.82) is 0 Å². The Kier molecular flexibility index (Phi) is 3.61. The summed E-state index contributed by atoms with van der Waals surface area (Å²) in [4.78, 5) is 9.21. The SMILES string of the molecule is CN1CCN(c2ccc3nc(C4=CCC(F)C=C4)cn3n2)CC1. The summed E-state index contributed by atoms with van der Waals surface area (Å²) in [6.45, 7) is 4.08. The van der Waals surface area contributed by atoms with E-state index >= 15 is 0 Å². The molecule has 1 fully saturated rings. The van der Waals surface area contributed by atoms with Crippen LogP contribution in [0.4, 0.5) is 10.2 Å². The van der Waals surface area contributed by atoms with Crippen LogP contribution < -0.4 is 4.90 Å². The summed E-state index contributed by atoms with van der Waals surface area (Å²) in [6, 6.07) is 4.02. The molecule has 23 heavy (non-hydrogen) atoms. The number of alkyl halides is 1. The first-order valence-electron chi connectivity index (χ1n) is 8.02. The van der Waals surface area contributed by atoms with Gasteiger partial charge >= 0.3 is 0 Å². The summed E-state index contributed by atoms with van der Waals surface area (Å²) in [7, 11) is 2.14. The minimum Gasteiger partial charge on any atom is -0.353 e. The second-order valence-electron chi connectivity index (χ2n) is 6.18. The topological polar surface area (TPSA) is 36.7 Å². The lowest BCUT2D eigenvalue weighted by Crippen LogP contribution is -2.44. The molecule has 0 aromatic carbocycles. The number of allylic oxidation sites excluding steroid dienone is 4. The number of aromatic nitrogens is 3. The molecule has 2 aromatic heterocycles. The summed E-state index contributed by atoms with van der Waals surface area (Å²) >= 11 is 0. The zero-order valence-corrected chi connectivity index (χ0v) is 13.2. The van der Waals surface area contributed by atoms with E-state index in [0.29, 0.717) is 6.42 Å². The van der Waals surface area contributed by atoms with Crippen molar-refractivity contribution in [3.63, 3.8) is 0 Å². The second-order valence-corrected chi connectivity index (χ2v) is 6.18. The van der Waals surface area contributed by atoms with Crippen LogP contribution in [-0.2, 0) is 0 Å². The number of halogens is 1. The van der Waals surface area contributed by atoms with Crippen LogP contribution in [0.5, 0.6) is 0 Å². The van der Waals surface area contributed by atoms with Gasteiger partial charge in [-0.25, -0.2) is 13.9 Å². The molecule has 1 saturated heterocycles. The minimum atomic E-state index is -0.877. The van der Waals surface area contributed by atoms with Gasteiger partial charge in [-0.3, -0.25) is 0 Å². The normalized spacial score (nSPS) is 22.6. The predicted molar refractivity (Wildman–Crippen MR) is 89.3 cm³/mol. The maximum atomic E-state index is 13.2. The van der Waals surface area contributed by atoms with Crippen molar-refractivity contribution in [2.75, 3.05) is 38.1 Å². The van der Waals surface area contributed by atoms with Crippen LogP contribution in [0.15, 0.2) is 36.6 Å². The molecular weight excluding hydrogens is 293 g/mol. The Hall–Kier alpha value is -2.21. The number of rotatable bonds is 2. The molecule has 1 atom stereocenters. The molecule has 0 amide bonds. The van der Waals surface area contributed by atoms with Gasteiger partial charge in [0.05, 0.1) is 11.9 Å². The van der Waals surface area contributed by atoms with Gasteiger partial charge in [0.1, 0.15) is 12.0 Å². The maximum absolute atomic E-state index is 13.2. The van der Waals surface area contributed by atoms with E-state index in [2.05, 4.69) is 21.8 Å². The molecule has 2 aliphatic rings. The molecule has 0 spiro atoms. The lowest BCUT2D eigenvalue weighted by atomic mass is 10.0. The molecule has 1 aliphatic carbocycles. The van der Waals surface area contributed by atoms with Gasteiger partial charge in [0.15, 0.2) is 5.65 Å². The Morgan fingerprint density at radius 2 is 2.00 bits per heavy atom. The number of imidazole rings is 1. The smallest absolute Gasteiger partial charge is 0.154 e. The standard InChI is InChI=1S/C17H20FN5/c1-21-8-10-22(11-9-21)17-7-6-16-19-15(12-23(16)20-17)13-2-4-14(18)5-3-13/h2-4,6-7,12,14H,5,8-11H2,1H3. The van der Waals surface area contributed by atoms with Crippen molar-refractivity contribution in [1.82, 2.24) is 19.5 Å². The van der Waals surface area contributed by atoms with Crippen molar-refractivity contribution in [3.05, 3.63) is 42.3 Å². The average molecular weight is 313 g/mol. The Morgan fingerprint density at radius 1 is 1.17 bits per heavy atom. The molecule has 0 bridgehead atoms. The number of likely N-dealkylation sites (N-methyl/N-ethyl adjacent to an activating group) is 1. The number of hydrogen-bond acceptors (Lipinski definition) is 4. The fourth-order valence-corrected chi connectivity index (χ4v) is 3.00. The summed E-state index contributed by atoms with van der Waals surface area (Å²) in [5.74, 6) is 0.978. The van der Waals surface area contributed by atoms with Crippen LogP contribution in [0.1, 0.15) is 12.1 Å². The van der Waals surface area contributed by atoms with Gasteiger partial charge in [0.2, 0.25) is 0 Å². The Labute approximate surface area is 134 Å². The number of hydrogen-bond donors (Lipinski definition) is 0. The van der Waals surface area contributed by atoms with E-state index in [4.69, 9.17) is 5.10 Å². The van der Waals surface area contributed by atoms with Crippen molar-refractivity contribution in [2.45, 2.75) is 12.6 Å². The van der Waals surface area contributed by atoms with E-state index in [1.54, 1.807) is 12.2 Å². The Bertz CT molecular complexity index is 770. The third-order valence-corrected chi connectivity index (χ3v) is 4.48. The van der Waals surface area contributed by atoms with Crippen molar-refractivity contribution < 1.29 is 4.39 Å². The predicted octanol–water partition coefficient (Wildman–Crippen LogP) is 2.16. The molecule has 1 unspecified atom stereocenters. The molecule has 4 rings (SSSR count). The lowest BCUT2D eigenvalue weighted by molar-refractivity contribution is 0.311. The summed E-state index contributed by atoms with van der Waals surface area (Å²) in [6.07, 6.45) is 6.74. The average Bonchev–Trinajstić information content (AvgIpc) is 2.99. The first-order chi connectivity index (χ1) is 11.2. The van der Waals surface area contributed by atoms with Gasteiger partial charge in [-0.15, -0.1) is 5.10 Å². The molecule has 0 N–H and O–H groups in total. The van der Waals surface area contributed by atoms with E-state index in [9.17, 15) is 4.39 Å². The molecule has 5 nitrogen and oxygen atoms in total. The molecule has 0 saturated carbocycles. The van der Waals surface area contributed by atoms with Gasteiger partial charge in [-0.05, 0) is 30.8 Å². The Morgan fingerprint density at radius 3 is 2.74 bits per heavy atom. The number of fused-ring (bicyclic) bond motifs is 1. The number of piperazine rings is 1. The van der Waals surface area contributed by atoms with E-state index in [1.807, 2.05) is 28.9 Å². The van der Waals surface area contributed by atoms with E-state index in [-0.39, 0.29) is 0 Å². The Balaban J connectivity index is 1.61. The first kappa shape index (κ1) is 14.4. The van der Waals surface area contributed by atoms with Crippen LogP contribution in [0.25, 0.3) is 11.2 Å². The lowest BCUT2D eigenvalue weighted by Gasteiger charge is -2.32. The molecule has 6 heteroatoms. The van der Waals surface area contributed by atoms with E-state index in [0.717, 1.165) is 48.9 Å². The van der Waals surface area contributed by atoms with Gasteiger partial charge in [-0.1, -0.05) is 12.2 Å². The third-order valence-electron chi connectivity index (χ3n) is 4.48. The molecule has 2 aromatic rings. The highest BCUT2D eigenvalue weighted by Gasteiger charge is 2.17. The van der Waals surface area contributed by atoms with Gasteiger partial charge < -0.3 is 9.80 Å². The van der Waals surface area contributed by atoms with Crippen molar-refractivity contribution in [2.24, 2.45) is 0 Å². The zero-order valence-electron chi connectivity index (χ0n) is 13.2. The quantitative estimate of drug-likeness (QED) is 0.851. The molecule has 120 valence electrons. The van der Waals surface area contributed by atoms with Gasteiger partial charge in [-0.2, -0.15) is 0 Å². The van der Waals surface area contributed by atoms with E-state index < -0.39 is 6.17 Å². The largest absolute Gasteiger partial charge is 0.353 e. The highest BCUT2D eigenvalue weighted by molar-refractivity contribution is 5.74. The number of nitrogens with zero attached hydrogens (tertiary/aromatic N) is 5. The fourth-order valence-electron chi connectivity index (χ4n) is 3.00. The molecular formula is C17H20FN5. The highest BCUT2D eigenvalue weighted by atomic mass is 19.1. The molecule has 3 heterocycles. The summed E-state index contributed by atoms with van der Waals surface area (Å²) < 4.78 is 15.0. The molecule has 0 radical (unpaired) electrons.